The van der Waals surface area contributed by atoms with Crippen LogP contribution < -0.4 is 10.6 Å². The van der Waals surface area contributed by atoms with Crippen molar-refractivity contribution in [3.63, 3.8) is 0 Å². The molecule has 2 unspecified atom stereocenters. The molecule has 2 N–H and O–H groups in total. The van der Waals surface area contributed by atoms with E-state index in [1.54, 1.807) is 24.3 Å². The molecule has 0 radical (unpaired) electrons. The van der Waals surface area contributed by atoms with Crippen LogP contribution >= 0.6 is 0 Å². The van der Waals surface area contributed by atoms with Gasteiger partial charge in [-0.05, 0) is 63.0 Å². The zero-order valence-corrected chi connectivity index (χ0v) is 11.1. The third-order valence-electron chi connectivity index (χ3n) is 3.68. The van der Waals surface area contributed by atoms with Gasteiger partial charge < -0.3 is 10.6 Å². The van der Waals surface area contributed by atoms with E-state index >= 15 is 0 Å². The maximum absolute atomic E-state index is 12.1. The van der Waals surface area contributed by atoms with Crippen LogP contribution in [0.2, 0.25) is 0 Å². The second kappa shape index (κ2) is 6.35. The van der Waals surface area contributed by atoms with Gasteiger partial charge in [-0.3, -0.25) is 4.79 Å². The van der Waals surface area contributed by atoms with Gasteiger partial charge >= 0.3 is 0 Å². The monoisotopic (exact) mass is 257 g/mol. The number of nitrogens with one attached hydrogen (secondary N) is 2. The van der Waals surface area contributed by atoms with Crippen molar-refractivity contribution >= 4 is 5.91 Å². The van der Waals surface area contributed by atoms with E-state index in [-0.39, 0.29) is 11.9 Å². The summed E-state index contributed by atoms with van der Waals surface area (Å²) in [6.45, 7) is 4.10. The Morgan fingerprint density at radius 3 is 2.79 bits per heavy atom. The number of carbonyl (C=O) groups is 1. The molecule has 0 aromatic heterocycles. The van der Waals surface area contributed by atoms with Gasteiger partial charge in [-0.15, -0.1) is 0 Å². The number of carbonyl (C=O) groups excluding carboxylic acids is 1. The second-order valence-corrected chi connectivity index (χ2v) is 5.06. The van der Waals surface area contributed by atoms with Gasteiger partial charge in [0.1, 0.15) is 0 Å². The van der Waals surface area contributed by atoms with E-state index in [2.05, 4.69) is 17.6 Å². The lowest BCUT2D eigenvalue weighted by Gasteiger charge is -2.28. The van der Waals surface area contributed by atoms with Crippen LogP contribution in [0.15, 0.2) is 24.3 Å². The third-order valence-corrected chi connectivity index (χ3v) is 3.68. The van der Waals surface area contributed by atoms with Gasteiger partial charge in [0.25, 0.3) is 5.91 Å². The van der Waals surface area contributed by atoms with Crippen molar-refractivity contribution in [2.75, 3.05) is 13.1 Å². The van der Waals surface area contributed by atoms with E-state index in [0.29, 0.717) is 17.0 Å². The molecule has 19 heavy (non-hydrogen) atoms. The van der Waals surface area contributed by atoms with Gasteiger partial charge in [0.15, 0.2) is 0 Å². The van der Waals surface area contributed by atoms with Crippen LogP contribution in [0.4, 0.5) is 0 Å². The van der Waals surface area contributed by atoms with Crippen molar-refractivity contribution in [2.24, 2.45) is 5.92 Å². The first kappa shape index (κ1) is 13.6. The molecule has 2 atom stereocenters. The molecule has 2 rings (SSSR count). The summed E-state index contributed by atoms with van der Waals surface area (Å²) in [6, 6.07) is 8.93. The van der Waals surface area contributed by atoms with Crippen LogP contribution in [-0.2, 0) is 0 Å². The van der Waals surface area contributed by atoms with Gasteiger partial charge in [-0.1, -0.05) is 0 Å². The van der Waals surface area contributed by atoms with Crippen molar-refractivity contribution in [2.45, 2.75) is 25.8 Å². The number of rotatable bonds is 3. The topological polar surface area (TPSA) is 64.9 Å². The minimum Gasteiger partial charge on any atom is -0.349 e. The average molecular weight is 257 g/mol. The summed E-state index contributed by atoms with van der Waals surface area (Å²) in [5.41, 5.74) is 1.18. The molecule has 1 fully saturated rings. The average Bonchev–Trinajstić information content (AvgIpc) is 2.48. The Labute approximate surface area is 113 Å². The first-order chi connectivity index (χ1) is 9.20. The SMILES string of the molecule is CC(NC(=O)c1ccc(C#N)cc1)C1CCCNC1. The standard InChI is InChI=1S/C15H19N3O/c1-11(14-3-2-8-17-10-14)18-15(19)13-6-4-12(9-16)5-7-13/h4-7,11,14,17H,2-3,8,10H2,1H3,(H,18,19). The fourth-order valence-corrected chi connectivity index (χ4v) is 2.41. The minimum atomic E-state index is -0.0671. The Kier molecular flexibility index (Phi) is 4.53. The van der Waals surface area contributed by atoms with Crippen LogP contribution in [0.3, 0.4) is 0 Å². The van der Waals surface area contributed by atoms with Crippen LogP contribution in [0.1, 0.15) is 35.7 Å². The molecule has 0 aliphatic carbocycles. The predicted octanol–water partition coefficient (Wildman–Crippen LogP) is 1.68. The molecule has 4 nitrogen and oxygen atoms in total. The van der Waals surface area contributed by atoms with Crippen LogP contribution in [0.25, 0.3) is 0 Å². The zero-order chi connectivity index (χ0) is 13.7. The maximum Gasteiger partial charge on any atom is 0.251 e. The maximum atomic E-state index is 12.1. The zero-order valence-electron chi connectivity index (χ0n) is 11.1. The highest BCUT2D eigenvalue weighted by molar-refractivity contribution is 5.94. The molecule has 1 aliphatic heterocycles. The number of nitriles is 1. The fourth-order valence-electron chi connectivity index (χ4n) is 2.41. The summed E-state index contributed by atoms with van der Waals surface area (Å²) >= 11 is 0. The van der Waals surface area contributed by atoms with Crippen molar-refractivity contribution in [1.82, 2.24) is 10.6 Å². The van der Waals surface area contributed by atoms with Gasteiger partial charge in [-0.25, -0.2) is 0 Å². The van der Waals surface area contributed by atoms with E-state index < -0.39 is 0 Å². The van der Waals surface area contributed by atoms with Crippen LogP contribution in [0, 0.1) is 17.2 Å². The summed E-state index contributed by atoms with van der Waals surface area (Å²) in [5, 5.41) is 15.1. The summed E-state index contributed by atoms with van der Waals surface area (Å²) in [4.78, 5) is 12.1. The molecule has 100 valence electrons. The van der Waals surface area contributed by atoms with E-state index in [1.165, 1.54) is 6.42 Å². The summed E-state index contributed by atoms with van der Waals surface area (Å²) in [7, 11) is 0. The van der Waals surface area contributed by atoms with Gasteiger partial charge in [-0.2, -0.15) is 5.26 Å². The Hall–Kier alpha value is -1.86. The molecule has 1 amide bonds. The molecular formula is C15H19N3O. The predicted molar refractivity (Wildman–Crippen MR) is 73.7 cm³/mol. The van der Waals surface area contributed by atoms with E-state index in [4.69, 9.17) is 5.26 Å². The van der Waals surface area contributed by atoms with E-state index in [9.17, 15) is 4.79 Å². The van der Waals surface area contributed by atoms with Crippen LogP contribution in [0.5, 0.6) is 0 Å². The first-order valence-corrected chi connectivity index (χ1v) is 6.72. The lowest BCUT2D eigenvalue weighted by atomic mass is 9.92. The summed E-state index contributed by atoms with van der Waals surface area (Å²) < 4.78 is 0. The van der Waals surface area contributed by atoms with Gasteiger partial charge in [0.05, 0.1) is 11.6 Å². The molecule has 0 saturated carbocycles. The Bertz CT molecular complexity index is 469. The van der Waals surface area contributed by atoms with Gasteiger partial charge in [0.2, 0.25) is 0 Å². The van der Waals surface area contributed by atoms with Crippen molar-refractivity contribution in [3.05, 3.63) is 35.4 Å². The molecule has 1 aliphatic rings. The highest BCUT2D eigenvalue weighted by Crippen LogP contribution is 2.14. The molecule has 0 bridgehead atoms. The Balaban J connectivity index is 1.94. The quantitative estimate of drug-likeness (QED) is 0.865. The van der Waals surface area contributed by atoms with Crippen molar-refractivity contribution in [3.8, 4) is 6.07 Å². The molecular weight excluding hydrogens is 238 g/mol. The van der Waals surface area contributed by atoms with E-state index in [0.717, 1.165) is 19.5 Å². The van der Waals surface area contributed by atoms with Crippen molar-refractivity contribution < 1.29 is 4.79 Å². The van der Waals surface area contributed by atoms with Crippen molar-refractivity contribution in [1.29, 1.82) is 5.26 Å². The highest BCUT2D eigenvalue weighted by atomic mass is 16.1. The molecule has 0 spiro atoms. The Morgan fingerprint density at radius 1 is 1.47 bits per heavy atom. The number of hydrogen-bond donors (Lipinski definition) is 2. The highest BCUT2D eigenvalue weighted by Gasteiger charge is 2.21. The van der Waals surface area contributed by atoms with Gasteiger partial charge in [0, 0.05) is 11.6 Å². The normalized spacial score (nSPS) is 20.3. The lowest BCUT2D eigenvalue weighted by Crippen LogP contribution is -2.44. The molecule has 1 aromatic rings. The molecule has 1 aromatic carbocycles. The van der Waals surface area contributed by atoms with Crippen LogP contribution in [-0.4, -0.2) is 25.0 Å². The fraction of sp³-hybridized carbons (Fsp3) is 0.467. The number of hydrogen-bond acceptors (Lipinski definition) is 3. The van der Waals surface area contributed by atoms with E-state index in [1.807, 2.05) is 6.07 Å². The third kappa shape index (κ3) is 3.55. The molecule has 1 saturated heterocycles. The second-order valence-electron chi connectivity index (χ2n) is 5.06. The number of benzene rings is 1. The minimum absolute atomic E-state index is 0.0671. The number of nitrogens with zero attached hydrogens (tertiary/aromatic N) is 1. The lowest BCUT2D eigenvalue weighted by molar-refractivity contribution is 0.0922. The largest absolute Gasteiger partial charge is 0.349 e. The smallest absolute Gasteiger partial charge is 0.251 e. The number of amides is 1. The number of piperidine rings is 1. The summed E-state index contributed by atoms with van der Waals surface area (Å²) in [5.74, 6) is 0.429. The molecule has 1 heterocycles. The summed E-state index contributed by atoms with van der Waals surface area (Å²) in [6.07, 6.45) is 2.32. The molecule has 4 heteroatoms. The first-order valence-electron chi connectivity index (χ1n) is 6.72. The Morgan fingerprint density at radius 2 is 2.21 bits per heavy atom.